The number of nitrogens with zero attached hydrogens (tertiary/aromatic N) is 3. The standard InChI is InChI=1S/C21H41N5O2/c1-8-22-20(24-18-9-10-25(13-18)19(27)15(2)3)23-14-21(6,7)26-11-16(4)28-17(5)12-26/h15-18H,8-14H2,1-7H3,(H2,22,23,24). The quantitative estimate of drug-likeness (QED) is 0.529. The number of carbonyl (C=O) groups is 1. The molecule has 0 bridgehead atoms. The van der Waals surface area contributed by atoms with Gasteiger partial charge in [0, 0.05) is 50.2 Å². The SMILES string of the molecule is CCNC(=NCC(C)(C)N1CC(C)OC(C)C1)NC1CCN(C(=O)C(C)C)C1. The minimum absolute atomic E-state index is 0.0377. The summed E-state index contributed by atoms with van der Waals surface area (Å²) in [6.45, 7) is 19.8. The van der Waals surface area contributed by atoms with Crippen LogP contribution in [0.25, 0.3) is 0 Å². The smallest absolute Gasteiger partial charge is 0.225 e. The Bertz CT molecular complexity index is 539. The molecule has 2 aliphatic rings. The molecule has 0 saturated carbocycles. The van der Waals surface area contributed by atoms with E-state index in [2.05, 4.69) is 50.2 Å². The Hall–Kier alpha value is -1.34. The highest BCUT2D eigenvalue weighted by Crippen LogP contribution is 2.21. The van der Waals surface area contributed by atoms with E-state index < -0.39 is 0 Å². The number of rotatable bonds is 6. The molecule has 2 fully saturated rings. The molecule has 0 spiro atoms. The molecule has 3 unspecified atom stereocenters. The summed E-state index contributed by atoms with van der Waals surface area (Å²) >= 11 is 0. The van der Waals surface area contributed by atoms with E-state index in [0.717, 1.165) is 45.1 Å². The molecule has 0 radical (unpaired) electrons. The van der Waals surface area contributed by atoms with Crippen molar-refractivity contribution in [2.75, 3.05) is 39.3 Å². The molecule has 2 N–H and O–H groups in total. The number of guanidine groups is 1. The maximum absolute atomic E-state index is 12.2. The van der Waals surface area contributed by atoms with Gasteiger partial charge in [-0.2, -0.15) is 0 Å². The molecule has 0 aliphatic carbocycles. The predicted molar refractivity (Wildman–Crippen MR) is 115 cm³/mol. The van der Waals surface area contributed by atoms with Crippen molar-refractivity contribution in [2.24, 2.45) is 10.9 Å². The summed E-state index contributed by atoms with van der Waals surface area (Å²) in [4.78, 5) is 21.6. The first-order valence-electron chi connectivity index (χ1n) is 10.9. The average molecular weight is 396 g/mol. The maximum Gasteiger partial charge on any atom is 0.225 e. The number of nitrogens with one attached hydrogen (secondary N) is 2. The summed E-state index contributed by atoms with van der Waals surface area (Å²) in [5.74, 6) is 1.14. The topological polar surface area (TPSA) is 69.2 Å². The first-order chi connectivity index (χ1) is 13.1. The summed E-state index contributed by atoms with van der Waals surface area (Å²) in [7, 11) is 0. The zero-order valence-corrected chi connectivity index (χ0v) is 18.9. The van der Waals surface area contributed by atoms with Crippen LogP contribution >= 0.6 is 0 Å². The van der Waals surface area contributed by atoms with Crippen LogP contribution in [0.5, 0.6) is 0 Å². The molecule has 0 aromatic heterocycles. The number of hydrogen-bond acceptors (Lipinski definition) is 4. The lowest BCUT2D eigenvalue weighted by Gasteiger charge is -2.44. The fourth-order valence-electron chi connectivity index (χ4n) is 4.00. The van der Waals surface area contributed by atoms with Gasteiger partial charge in [-0.1, -0.05) is 13.8 Å². The van der Waals surface area contributed by atoms with Crippen molar-refractivity contribution in [3.8, 4) is 0 Å². The van der Waals surface area contributed by atoms with Gasteiger partial charge in [0.15, 0.2) is 5.96 Å². The van der Waals surface area contributed by atoms with Crippen LogP contribution in [0.3, 0.4) is 0 Å². The third kappa shape index (κ3) is 6.34. The minimum atomic E-state index is -0.0377. The van der Waals surface area contributed by atoms with E-state index in [-0.39, 0.29) is 35.6 Å². The van der Waals surface area contributed by atoms with E-state index in [1.54, 1.807) is 0 Å². The lowest BCUT2D eigenvalue weighted by molar-refractivity contribution is -0.133. The number of ether oxygens (including phenoxy) is 1. The van der Waals surface area contributed by atoms with Gasteiger partial charge in [-0.25, -0.2) is 0 Å². The largest absolute Gasteiger partial charge is 0.373 e. The molecule has 2 aliphatic heterocycles. The van der Waals surface area contributed by atoms with Crippen molar-refractivity contribution in [2.45, 2.75) is 78.7 Å². The Kier molecular flexibility index (Phi) is 8.13. The Balaban J connectivity index is 1.95. The van der Waals surface area contributed by atoms with Crippen molar-refractivity contribution >= 4 is 11.9 Å². The second kappa shape index (κ2) is 9.92. The van der Waals surface area contributed by atoms with Gasteiger partial charge in [0.25, 0.3) is 0 Å². The number of aliphatic imine (C=N–C) groups is 1. The van der Waals surface area contributed by atoms with Gasteiger partial charge in [0.1, 0.15) is 0 Å². The van der Waals surface area contributed by atoms with Crippen LogP contribution in [0.15, 0.2) is 4.99 Å². The number of carbonyl (C=O) groups excluding carboxylic acids is 1. The average Bonchev–Trinajstić information content (AvgIpc) is 3.06. The normalized spacial score (nSPS) is 27.4. The van der Waals surface area contributed by atoms with Gasteiger partial charge in [-0.3, -0.25) is 14.7 Å². The molecular weight excluding hydrogens is 354 g/mol. The number of amides is 1. The van der Waals surface area contributed by atoms with Gasteiger partial charge < -0.3 is 20.3 Å². The predicted octanol–water partition coefficient (Wildman–Crippen LogP) is 1.69. The third-order valence-corrected chi connectivity index (χ3v) is 5.58. The van der Waals surface area contributed by atoms with E-state index in [9.17, 15) is 4.79 Å². The van der Waals surface area contributed by atoms with Crippen molar-refractivity contribution in [3.05, 3.63) is 0 Å². The second-order valence-electron chi connectivity index (χ2n) is 9.24. The zero-order valence-electron chi connectivity index (χ0n) is 18.9. The van der Waals surface area contributed by atoms with Crippen LogP contribution in [-0.2, 0) is 9.53 Å². The van der Waals surface area contributed by atoms with E-state index in [0.29, 0.717) is 6.54 Å². The Morgan fingerprint density at radius 3 is 2.43 bits per heavy atom. The second-order valence-corrected chi connectivity index (χ2v) is 9.24. The molecule has 1 amide bonds. The Morgan fingerprint density at radius 1 is 1.21 bits per heavy atom. The van der Waals surface area contributed by atoms with E-state index in [1.807, 2.05) is 18.7 Å². The Labute approximate surface area is 171 Å². The monoisotopic (exact) mass is 395 g/mol. The molecule has 2 rings (SSSR count). The van der Waals surface area contributed by atoms with E-state index in [4.69, 9.17) is 9.73 Å². The van der Waals surface area contributed by atoms with Crippen molar-refractivity contribution in [1.82, 2.24) is 20.4 Å². The van der Waals surface area contributed by atoms with Gasteiger partial charge in [0.05, 0.1) is 18.8 Å². The van der Waals surface area contributed by atoms with Crippen LogP contribution in [0.1, 0.15) is 54.9 Å². The summed E-state index contributed by atoms with van der Waals surface area (Å²) in [6.07, 6.45) is 1.47. The molecule has 2 heterocycles. The maximum atomic E-state index is 12.2. The fraction of sp³-hybridized carbons (Fsp3) is 0.905. The molecular formula is C21H41N5O2. The van der Waals surface area contributed by atoms with Crippen LogP contribution in [-0.4, -0.2) is 84.7 Å². The van der Waals surface area contributed by atoms with Gasteiger partial charge in [-0.05, 0) is 41.0 Å². The first kappa shape index (κ1) is 22.9. The summed E-state index contributed by atoms with van der Waals surface area (Å²) in [5.41, 5.74) is -0.0377. The number of likely N-dealkylation sites (tertiary alicyclic amines) is 1. The summed E-state index contributed by atoms with van der Waals surface area (Å²) in [5, 5.41) is 6.90. The van der Waals surface area contributed by atoms with E-state index in [1.165, 1.54) is 0 Å². The van der Waals surface area contributed by atoms with Crippen LogP contribution < -0.4 is 10.6 Å². The first-order valence-corrected chi connectivity index (χ1v) is 10.9. The summed E-state index contributed by atoms with van der Waals surface area (Å²) < 4.78 is 5.88. The number of morpholine rings is 1. The highest BCUT2D eigenvalue weighted by atomic mass is 16.5. The zero-order chi connectivity index (χ0) is 20.9. The number of hydrogen-bond donors (Lipinski definition) is 2. The molecule has 7 heteroatoms. The highest BCUT2D eigenvalue weighted by Gasteiger charge is 2.33. The molecule has 2 saturated heterocycles. The molecule has 3 atom stereocenters. The van der Waals surface area contributed by atoms with Gasteiger partial charge in [0.2, 0.25) is 5.91 Å². The summed E-state index contributed by atoms with van der Waals surface area (Å²) in [6, 6.07) is 0.257. The molecule has 0 aromatic carbocycles. The van der Waals surface area contributed by atoms with Crippen LogP contribution in [0, 0.1) is 5.92 Å². The molecule has 162 valence electrons. The lowest BCUT2D eigenvalue weighted by Crippen LogP contribution is -2.56. The molecule has 7 nitrogen and oxygen atoms in total. The van der Waals surface area contributed by atoms with Gasteiger partial charge >= 0.3 is 0 Å². The lowest BCUT2D eigenvalue weighted by atomic mass is 10.0. The van der Waals surface area contributed by atoms with Crippen molar-refractivity contribution in [3.63, 3.8) is 0 Å². The Morgan fingerprint density at radius 2 is 1.86 bits per heavy atom. The fourth-order valence-corrected chi connectivity index (χ4v) is 4.00. The van der Waals surface area contributed by atoms with Crippen LogP contribution in [0.4, 0.5) is 0 Å². The molecule has 28 heavy (non-hydrogen) atoms. The highest BCUT2D eigenvalue weighted by molar-refractivity contribution is 5.81. The van der Waals surface area contributed by atoms with Crippen LogP contribution in [0.2, 0.25) is 0 Å². The van der Waals surface area contributed by atoms with Crippen molar-refractivity contribution < 1.29 is 9.53 Å². The molecule has 0 aromatic rings. The van der Waals surface area contributed by atoms with Gasteiger partial charge in [-0.15, -0.1) is 0 Å². The van der Waals surface area contributed by atoms with Crippen molar-refractivity contribution in [1.29, 1.82) is 0 Å². The third-order valence-electron chi connectivity index (χ3n) is 5.58. The minimum Gasteiger partial charge on any atom is -0.373 e. The van der Waals surface area contributed by atoms with E-state index >= 15 is 0 Å².